The molecule has 0 radical (unpaired) electrons. The number of hydrogen-bond donors (Lipinski definition) is 2. The zero-order valence-electron chi connectivity index (χ0n) is 14.3. The van der Waals surface area contributed by atoms with Crippen LogP contribution in [0.25, 0.3) is 0 Å². The summed E-state index contributed by atoms with van der Waals surface area (Å²) in [4.78, 5) is 23.6. The topological polar surface area (TPSA) is 89.8 Å². The van der Waals surface area contributed by atoms with Crippen molar-refractivity contribution >= 4 is 23.2 Å². The Morgan fingerprint density at radius 2 is 1.93 bits per heavy atom. The number of furan rings is 1. The van der Waals surface area contributed by atoms with Gasteiger partial charge in [0.15, 0.2) is 5.76 Å². The molecule has 10 heteroatoms. The Bertz CT molecular complexity index is 775. The van der Waals surface area contributed by atoms with Gasteiger partial charge in [0.25, 0.3) is 5.91 Å². The zero-order chi connectivity index (χ0) is 19.9. The van der Waals surface area contributed by atoms with Crippen LogP contribution in [-0.2, 0) is 20.4 Å². The number of benzene rings is 1. The molecule has 0 saturated heterocycles. The minimum atomic E-state index is -4.75. The van der Waals surface area contributed by atoms with E-state index in [0.717, 1.165) is 12.1 Å². The van der Waals surface area contributed by atoms with E-state index in [1.54, 1.807) is 0 Å². The number of rotatable bonds is 8. The third-order valence-corrected chi connectivity index (χ3v) is 3.27. The van der Waals surface area contributed by atoms with E-state index < -0.39 is 35.8 Å². The van der Waals surface area contributed by atoms with Crippen molar-refractivity contribution in [2.45, 2.75) is 6.18 Å². The molecule has 2 N–H and O–H groups in total. The maximum atomic E-state index is 13.3. The fourth-order valence-electron chi connectivity index (χ4n) is 2.06. The zero-order valence-corrected chi connectivity index (χ0v) is 14.3. The van der Waals surface area contributed by atoms with Crippen molar-refractivity contribution in [2.75, 3.05) is 37.6 Å². The number of hydrogen-bond acceptors (Lipinski definition) is 5. The maximum absolute atomic E-state index is 13.3. The predicted molar refractivity (Wildman–Crippen MR) is 89.4 cm³/mol. The number of methoxy groups -OCH3 is 1. The van der Waals surface area contributed by atoms with Crippen LogP contribution in [-0.4, -0.2) is 38.7 Å². The van der Waals surface area contributed by atoms with Crippen molar-refractivity contribution in [2.24, 2.45) is 0 Å². The minimum Gasteiger partial charge on any atom is -0.459 e. The molecule has 2 amide bonds. The molecule has 0 aliphatic heterocycles. The Morgan fingerprint density at radius 3 is 2.56 bits per heavy atom. The van der Waals surface area contributed by atoms with E-state index in [-0.39, 0.29) is 24.7 Å². The molecule has 0 spiro atoms. The highest BCUT2D eigenvalue weighted by atomic mass is 19.4. The molecular weight excluding hydrogens is 369 g/mol. The van der Waals surface area contributed by atoms with Crippen LogP contribution in [0.4, 0.5) is 24.5 Å². The summed E-state index contributed by atoms with van der Waals surface area (Å²) in [5.74, 6) is -1.49. The highest BCUT2D eigenvalue weighted by molar-refractivity contribution is 6.02. The predicted octanol–water partition coefficient (Wildman–Crippen LogP) is 3.15. The van der Waals surface area contributed by atoms with E-state index in [0.29, 0.717) is 0 Å². The standard InChI is InChI=1S/C17H17F3N2O5/c1-25-7-8-26-10-15(23)22-13-5-4-11(9-12(13)17(18,19)20)21-16(24)14-3-2-6-27-14/h2-6,9H,7-8,10H2,1H3,(H,21,24)(H,22,23). The molecule has 146 valence electrons. The highest BCUT2D eigenvalue weighted by Gasteiger charge is 2.34. The fraction of sp³-hybridized carbons (Fsp3) is 0.294. The minimum absolute atomic E-state index is 0.0471. The molecule has 1 aromatic carbocycles. The average Bonchev–Trinajstić information content (AvgIpc) is 3.14. The van der Waals surface area contributed by atoms with Crippen LogP contribution in [0.2, 0.25) is 0 Å². The lowest BCUT2D eigenvalue weighted by atomic mass is 10.1. The number of ether oxygens (including phenoxy) is 2. The van der Waals surface area contributed by atoms with Crippen LogP contribution >= 0.6 is 0 Å². The molecule has 2 rings (SSSR count). The van der Waals surface area contributed by atoms with Crippen LogP contribution in [0.3, 0.4) is 0 Å². The monoisotopic (exact) mass is 386 g/mol. The molecule has 1 aromatic heterocycles. The third kappa shape index (κ3) is 6.12. The Kier molecular flexibility index (Phi) is 6.97. The van der Waals surface area contributed by atoms with Gasteiger partial charge in [0.05, 0.1) is 30.7 Å². The Hall–Kier alpha value is -2.85. The first-order valence-corrected chi connectivity index (χ1v) is 7.74. The van der Waals surface area contributed by atoms with E-state index in [9.17, 15) is 22.8 Å². The average molecular weight is 386 g/mol. The van der Waals surface area contributed by atoms with Gasteiger partial charge < -0.3 is 24.5 Å². The molecule has 7 nitrogen and oxygen atoms in total. The van der Waals surface area contributed by atoms with Gasteiger partial charge in [-0.2, -0.15) is 13.2 Å². The summed E-state index contributed by atoms with van der Waals surface area (Å²) in [6, 6.07) is 5.86. The van der Waals surface area contributed by atoms with E-state index >= 15 is 0 Å². The van der Waals surface area contributed by atoms with Gasteiger partial charge >= 0.3 is 6.18 Å². The molecule has 0 atom stereocenters. The second kappa shape index (κ2) is 9.19. The first-order valence-electron chi connectivity index (χ1n) is 7.74. The molecule has 0 fully saturated rings. The maximum Gasteiger partial charge on any atom is 0.418 e. The molecule has 1 heterocycles. The SMILES string of the molecule is COCCOCC(=O)Nc1ccc(NC(=O)c2ccco2)cc1C(F)(F)F. The van der Waals surface area contributed by atoms with Gasteiger partial charge in [-0.15, -0.1) is 0 Å². The van der Waals surface area contributed by atoms with Gasteiger partial charge in [-0.1, -0.05) is 0 Å². The number of nitrogens with one attached hydrogen (secondary N) is 2. The molecule has 0 aliphatic carbocycles. The summed E-state index contributed by atoms with van der Waals surface area (Å²) < 4.78 is 54.5. The Labute approximate surface area is 152 Å². The first-order chi connectivity index (χ1) is 12.8. The van der Waals surface area contributed by atoms with Gasteiger partial charge in [0.2, 0.25) is 5.91 Å². The Balaban J connectivity index is 2.11. The van der Waals surface area contributed by atoms with Gasteiger partial charge in [-0.3, -0.25) is 9.59 Å². The van der Waals surface area contributed by atoms with Gasteiger partial charge in [-0.05, 0) is 30.3 Å². The second-order valence-corrected chi connectivity index (χ2v) is 5.28. The van der Waals surface area contributed by atoms with Crippen LogP contribution in [0.1, 0.15) is 16.1 Å². The summed E-state index contributed by atoms with van der Waals surface area (Å²) in [6.07, 6.45) is -3.48. The fourth-order valence-corrected chi connectivity index (χ4v) is 2.06. The molecule has 27 heavy (non-hydrogen) atoms. The molecule has 2 aromatic rings. The van der Waals surface area contributed by atoms with Crippen LogP contribution in [0.5, 0.6) is 0 Å². The molecule has 0 aliphatic rings. The molecule has 0 bridgehead atoms. The van der Waals surface area contributed by atoms with Crippen molar-refractivity contribution in [1.82, 2.24) is 0 Å². The van der Waals surface area contributed by atoms with Crippen molar-refractivity contribution in [1.29, 1.82) is 0 Å². The Morgan fingerprint density at radius 1 is 1.15 bits per heavy atom. The highest BCUT2D eigenvalue weighted by Crippen LogP contribution is 2.36. The van der Waals surface area contributed by atoms with Crippen molar-refractivity contribution in [3.05, 3.63) is 47.9 Å². The van der Waals surface area contributed by atoms with Gasteiger partial charge in [0, 0.05) is 12.8 Å². The van der Waals surface area contributed by atoms with Crippen molar-refractivity contribution in [3.8, 4) is 0 Å². The van der Waals surface area contributed by atoms with Crippen LogP contribution in [0.15, 0.2) is 41.0 Å². The number of carbonyl (C=O) groups excluding carboxylic acids is 2. The second-order valence-electron chi connectivity index (χ2n) is 5.28. The lowest BCUT2D eigenvalue weighted by Crippen LogP contribution is -2.22. The first kappa shape index (κ1) is 20.5. The molecular formula is C17H17F3N2O5. The van der Waals surface area contributed by atoms with Gasteiger partial charge in [0.1, 0.15) is 6.61 Å². The number of amides is 2. The smallest absolute Gasteiger partial charge is 0.418 e. The molecule has 0 saturated carbocycles. The lowest BCUT2D eigenvalue weighted by molar-refractivity contribution is -0.137. The summed E-state index contributed by atoms with van der Waals surface area (Å²) in [7, 11) is 1.45. The van der Waals surface area contributed by atoms with Gasteiger partial charge in [-0.25, -0.2) is 0 Å². The summed E-state index contributed by atoms with van der Waals surface area (Å²) in [5.41, 5.74) is -1.65. The van der Waals surface area contributed by atoms with E-state index in [1.165, 1.54) is 31.6 Å². The van der Waals surface area contributed by atoms with Crippen molar-refractivity contribution < 1.29 is 36.7 Å². The van der Waals surface area contributed by atoms with E-state index in [4.69, 9.17) is 13.9 Å². The summed E-state index contributed by atoms with van der Waals surface area (Å²) in [5, 5.41) is 4.45. The number of alkyl halides is 3. The largest absolute Gasteiger partial charge is 0.459 e. The lowest BCUT2D eigenvalue weighted by Gasteiger charge is -2.15. The number of halogens is 3. The number of anilines is 2. The summed E-state index contributed by atoms with van der Waals surface area (Å²) in [6.45, 7) is -0.0312. The van der Waals surface area contributed by atoms with Crippen LogP contribution in [0, 0.1) is 0 Å². The van der Waals surface area contributed by atoms with E-state index in [2.05, 4.69) is 10.6 Å². The quantitative estimate of drug-likeness (QED) is 0.681. The third-order valence-electron chi connectivity index (χ3n) is 3.27. The normalized spacial score (nSPS) is 11.3. The van der Waals surface area contributed by atoms with E-state index in [1.807, 2.05) is 0 Å². The molecule has 0 unspecified atom stereocenters. The van der Waals surface area contributed by atoms with Crippen molar-refractivity contribution in [3.63, 3.8) is 0 Å². The summed E-state index contributed by atoms with van der Waals surface area (Å²) >= 11 is 0. The van der Waals surface area contributed by atoms with Crippen LogP contribution < -0.4 is 10.6 Å². The number of carbonyl (C=O) groups is 2.